The first-order chi connectivity index (χ1) is 12.1. The zero-order valence-corrected chi connectivity index (χ0v) is 14.7. The molecule has 1 amide bonds. The van der Waals surface area contributed by atoms with Gasteiger partial charge in [0, 0.05) is 11.6 Å². The fraction of sp³-hybridized carbons (Fsp3) is 0.294. The van der Waals surface area contributed by atoms with Crippen LogP contribution >= 0.6 is 11.8 Å². The molecule has 0 bridgehead atoms. The first kappa shape index (κ1) is 17.2. The SMILES string of the molecule is COC(=O)/C=C1/S/C(=N\N=Cc2cc3c(cc2OC)CCC3)NC1=O. The van der Waals surface area contributed by atoms with Gasteiger partial charge in [-0.25, -0.2) is 4.79 Å². The van der Waals surface area contributed by atoms with E-state index in [0.29, 0.717) is 5.17 Å². The van der Waals surface area contributed by atoms with Gasteiger partial charge in [-0.2, -0.15) is 5.10 Å². The lowest BCUT2D eigenvalue weighted by molar-refractivity contribution is -0.135. The van der Waals surface area contributed by atoms with E-state index in [-0.39, 0.29) is 4.91 Å². The van der Waals surface area contributed by atoms with Crippen LogP contribution in [0.4, 0.5) is 0 Å². The third-order valence-corrected chi connectivity index (χ3v) is 4.79. The van der Waals surface area contributed by atoms with Crippen LogP contribution in [0.1, 0.15) is 23.1 Å². The maximum atomic E-state index is 11.7. The van der Waals surface area contributed by atoms with E-state index < -0.39 is 11.9 Å². The van der Waals surface area contributed by atoms with Crippen LogP contribution in [0.3, 0.4) is 0 Å². The summed E-state index contributed by atoms with van der Waals surface area (Å²) >= 11 is 1.03. The third kappa shape index (κ3) is 3.90. The lowest BCUT2D eigenvalue weighted by Crippen LogP contribution is -2.19. The number of hydrogen-bond donors (Lipinski definition) is 1. The van der Waals surface area contributed by atoms with E-state index >= 15 is 0 Å². The minimum absolute atomic E-state index is 0.218. The summed E-state index contributed by atoms with van der Waals surface area (Å²) in [6.45, 7) is 0. The monoisotopic (exact) mass is 359 g/mol. The Labute approximate surface area is 149 Å². The number of carbonyl (C=O) groups excluding carboxylic acids is 2. The van der Waals surface area contributed by atoms with Gasteiger partial charge in [0.2, 0.25) is 0 Å². The molecule has 1 aromatic rings. The normalized spacial score (nSPS) is 19.5. The first-order valence-corrected chi connectivity index (χ1v) is 8.52. The Balaban J connectivity index is 1.75. The Kier molecular flexibility index (Phi) is 5.18. The minimum atomic E-state index is -0.592. The molecule has 25 heavy (non-hydrogen) atoms. The zero-order valence-electron chi connectivity index (χ0n) is 13.9. The fourth-order valence-corrected chi connectivity index (χ4v) is 3.42. The summed E-state index contributed by atoms with van der Waals surface area (Å²) in [6, 6.07) is 4.11. The number of thioether (sulfide) groups is 1. The topological polar surface area (TPSA) is 89.3 Å². The average Bonchev–Trinajstić information content (AvgIpc) is 3.20. The molecule has 1 saturated heterocycles. The Morgan fingerprint density at radius 3 is 2.76 bits per heavy atom. The molecule has 130 valence electrons. The van der Waals surface area contributed by atoms with Crippen LogP contribution in [-0.2, 0) is 27.2 Å². The largest absolute Gasteiger partial charge is 0.496 e. The smallest absolute Gasteiger partial charge is 0.331 e. The van der Waals surface area contributed by atoms with Crippen molar-refractivity contribution in [3.63, 3.8) is 0 Å². The number of carbonyl (C=O) groups is 2. The molecule has 2 aliphatic rings. The molecule has 0 saturated carbocycles. The standard InChI is InChI=1S/C17H17N3O4S/c1-23-13-7-11-5-3-4-10(11)6-12(13)9-18-20-17-19-16(22)14(25-17)8-15(21)24-2/h6-9H,3-5H2,1-2H3,(H,19,20,22)/b14-8+,18-9?. The van der Waals surface area contributed by atoms with Gasteiger partial charge in [0.15, 0.2) is 5.17 Å². The second kappa shape index (κ2) is 7.52. The predicted octanol–water partition coefficient (Wildman–Crippen LogP) is 1.79. The first-order valence-electron chi connectivity index (χ1n) is 7.70. The van der Waals surface area contributed by atoms with Crippen LogP contribution in [0, 0.1) is 0 Å². The molecular weight excluding hydrogens is 342 g/mol. The summed E-state index contributed by atoms with van der Waals surface area (Å²) in [4.78, 5) is 23.2. The van der Waals surface area contributed by atoms with Gasteiger partial charge in [0.1, 0.15) is 5.75 Å². The lowest BCUT2D eigenvalue weighted by atomic mass is 10.1. The number of amides is 1. The molecule has 3 rings (SSSR count). The number of amidine groups is 1. The molecule has 0 aromatic heterocycles. The number of aryl methyl sites for hydroxylation is 2. The number of benzene rings is 1. The second-order valence-electron chi connectivity index (χ2n) is 5.45. The number of rotatable bonds is 4. The van der Waals surface area contributed by atoms with Crippen molar-refractivity contribution in [2.45, 2.75) is 19.3 Å². The predicted molar refractivity (Wildman–Crippen MR) is 95.9 cm³/mol. The maximum Gasteiger partial charge on any atom is 0.331 e. The quantitative estimate of drug-likeness (QED) is 0.383. The molecule has 1 fully saturated rings. The molecule has 0 atom stereocenters. The van der Waals surface area contributed by atoms with Crippen molar-refractivity contribution < 1.29 is 19.1 Å². The fourth-order valence-electron chi connectivity index (χ4n) is 2.68. The molecule has 1 N–H and O–H groups in total. The Morgan fingerprint density at radius 1 is 1.28 bits per heavy atom. The lowest BCUT2D eigenvalue weighted by Gasteiger charge is -2.07. The maximum absolute atomic E-state index is 11.7. The molecule has 7 nitrogen and oxygen atoms in total. The zero-order chi connectivity index (χ0) is 17.8. The van der Waals surface area contributed by atoms with Crippen molar-refractivity contribution >= 4 is 35.0 Å². The summed E-state index contributed by atoms with van der Waals surface area (Å²) in [5, 5.41) is 10.9. The number of nitrogens with one attached hydrogen (secondary N) is 1. The number of fused-ring (bicyclic) bond motifs is 1. The molecular formula is C17H17N3O4S. The molecule has 0 spiro atoms. The van der Waals surface area contributed by atoms with Crippen molar-refractivity contribution in [1.29, 1.82) is 0 Å². The molecule has 0 radical (unpaired) electrons. The summed E-state index contributed by atoms with van der Waals surface area (Å²) in [7, 11) is 2.87. The van der Waals surface area contributed by atoms with Gasteiger partial charge in [-0.3, -0.25) is 10.1 Å². The van der Waals surface area contributed by atoms with E-state index in [1.165, 1.54) is 18.2 Å². The number of hydrogen-bond acceptors (Lipinski definition) is 7. The minimum Gasteiger partial charge on any atom is -0.496 e. The van der Waals surface area contributed by atoms with Gasteiger partial charge < -0.3 is 9.47 Å². The van der Waals surface area contributed by atoms with Crippen molar-refractivity contribution in [1.82, 2.24) is 5.32 Å². The van der Waals surface area contributed by atoms with Crippen LogP contribution in [0.15, 0.2) is 33.3 Å². The highest BCUT2D eigenvalue weighted by Gasteiger charge is 2.25. The second-order valence-corrected chi connectivity index (χ2v) is 6.48. The van der Waals surface area contributed by atoms with E-state index in [1.807, 2.05) is 6.07 Å². The molecule has 0 unspecified atom stereocenters. The summed E-state index contributed by atoms with van der Waals surface area (Å²) < 4.78 is 9.91. The van der Waals surface area contributed by atoms with Crippen LogP contribution in [-0.4, -0.2) is 37.5 Å². The van der Waals surface area contributed by atoms with Crippen LogP contribution < -0.4 is 10.1 Å². The Hall–Kier alpha value is -2.61. The van der Waals surface area contributed by atoms with Crippen molar-refractivity contribution in [2.24, 2.45) is 10.2 Å². The van der Waals surface area contributed by atoms with E-state index in [9.17, 15) is 9.59 Å². The van der Waals surface area contributed by atoms with Crippen LogP contribution in [0.25, 0.3) is 0 Å². The van der Waals surface area contributed by atoms with Crippen molar-refractivity contribution in [2.75, 3.05) is 14.2 Å². The number of nitrogens with zero attached hydrogens (tertiary/aromatic N) is 2. The van der Waals surface area contributed by atoms with Gasteiger partial charge in [0.05, 0.1) is 25.3 Å². The molecule has 8 heteroatoms. The highest BCUT2D eigenvalue weighted by atomic mass is 32.2. The molecule has 1 aliphatic heterocycles. The molecule has 1 aliphatic carbocycles. The summed E-state index contributed by atoms with van der Waals surface area (Å²) in [5.74, 6) is -0.247. The van der Waals surface area contributed by atoms with E-state index in [2.05, 4.69) is 26.3 Å². The van der Waals surface area contributed by atoms with E-state index in [0.717, 1.165) is 48.4 Å². The number of ether oxygens (including phenoxy) is 2. The van der Waals surface area contributed by atoms with Gasteiger partial charge in [0.25, 0.3) is 5.91 Å². The third-order valence-electron chi connectivity index (χ3n) is 3.89. The summed E-state index contributed by atoms with van der Waals surface area (Å²) in [6.07, 6.45) is 6.00. The highest BCUT2D eigenvalue weighted by Crippen LogP contribution is 2.29. The number of esters is 1. The van der Waals surface area contributed by atoms with Crippen molar-refractivity contribution in [3.05, 3.63) is 39.8 Å². The van der Waals surface area contributed by atoms with E-state index in [4.69, 9.17) is 4.74 Å². The van der Waals surface area contributed by atoms with Gasteiger partial charge in [-0.1, -0.05) is 0 Å². The number of methoxy groups -OCH3 is 2. The van der Waals surface area contributed by atoms with Gasteiger partial charge in [-0.15, -0.1) is 5.10 Å². The highest BCUT2D eigenvalue weighted by molar-refractivity contribution is 8.18. The molecule has 1 aromatic carbocycles. The van der Waals surface area contributed by atoms with Crippen molar-refractivity contribution in [3.8, 4) is 5.75 Å². The van der Waals surface area contributed by atoms with E-state index in [1.54, 1.807) is 13.3 Å². The average molecular weight is 359 g/mol. The van der Waals surface area contributed by atoms with Gasteiger partial charge in [-0.05, 0) is 54.3 Å². The van der Waals surface area contributed by atoms with Crippen LogP contribution in [0.5, 0.6) is 5.75 Å². The Bertz CT molecular complexity index is 814. The summed E-state index contributed by atoms with van der Waals surface area (Å²) in [5.41, 5.74) is 3.46. The van der Waals surface area contributed by atoms with Gasteiger partial charge >= 0.3 is 5.97 Å². The van der Waals surface area contributed by atoms with Crippen LogP contribution in [0.2, 0.25) is 0 Å². The Morgan fingerprint density at radius 2 is 2.04 bits per heavy atom. The molecule has 1 heterocycles.